The van der Waals surface area contributed by atoms with Gasteiger partial charge in [-0.2, -0.15) is 0 Å². The van der Waals surface area contributed by atoms with Crippen LogP contribution in [0.25, 0.3) is 0 Å². The quantitative estimate of drug-likeness (QED) is 0.851. The summed E-state index contributed by atoms with van der Waals surface area (Å²) in [5.41, 5.74) is 8.54. The molecule has 1 saturated heterocycles. The predicted octanol–water partition coefficient (Wildman–Crippen LogP) is 3.20. The molecule has 1 heterocycles. The van der Waals surface area contributed by atoms with Crippen LogP contribution in [0.2, 0.25) is 0 Å². The largest absolute Gasteiger partial charge is 0.326 e. The maximum absolute atomic E-state index is 5.80. The molecule has 19 heavy (non-hydrogen) atoms. The molecule has 1 aromatic carbocycles. The molecule has 2 nitrogen and oxygen atoms in total. The van der Waals surface area contributed by atoms with Crippen LogP contribution in [0.3, 0.4) is 0 Å². The SMILES string of the molecule is CCCC1CCN(CCc2ccccc2CN)CC1. The van der Waals surface area contributed by atoms with Gasteiger partial charge in [0, 0.05) is 13.1 Å². The molecule has 0 aromatic heterocycles. The highest BCUT2D eigenvalue weighted by molar-refractivity contribution is 5.27. The van der Waals surface area contributed by atoms with E-state index in [0.29, 0.717) is 6.54 Å². The van der Waals surface area contributed by atoms with Crippen LogP contribution in [0.15, 0.2) is 24.3 Å². The third kappa shape index (κ3) is 4.32. The number of likely N-dealkylation sites (tertiary alicyclic amines) is 1. The summed E-state index contributed by atoms with van der Waals surface area (Å²) in [5.74, 6) is 0.984. The van der Waals surface area contributed by atoms with Gasteiger partial charge in [-0.25, -0.2) is 0 Å². The van der Waals surface area contributed by atoms with Gasteiger partial charge in [-0.15, -0.1) is 0 Å². The maximum atomic E-state index is 5.80. The van der Waals surface area contributed by atoms with Gasteiger partial charge in [-0.05, 0) is 49.4 Å². The molecule has 1 aromatic rings. The van der Waals surface area contributed by atoms with Crippen molar-refractivity contribution < 1.29 is 0 Å². The van der Waals surface area contributed by atoms with Gasteiger partial charge in [-0.1, -0.05) is 44.0 Å². The van der Waals surface area contributed by atoms with E-state index in [2.05, 4.69) is 36.1 Å². The number of piperidine rings is 1. The van der Waals surface area contributed by atoms with Crippen LogP contribution in [0.5, 0.6) is 0 Å². The van der Waals surface area contributed by atoms with E-state index in [9.17, 15) is 0 Å². The molecule has 1 aliphatic heterocycles. The van der Waals surface area contributed by atoms with E-state index in [1.807, 2.05) is 0 Å². The van der Waals surface area contributed by atoms with Gasteiger partial charge in [0.25, 0.3) is 0 Å². The van der Waals surface area contributed by atoms with Gasteiger partial charge < -0.3 is 10.6 Å². The molecule has 0 atom stereocenters. The van der Waals surface area contributed by atoms with Crippen LogP contribution in [0.4, 0.5) is 0 Å². The Bertz CT molecular complexity index is 367. The molecule has 0 radical (unpaired) electrons. The second kappa shape index (κ2) is 7.66. The molecule has 0 amide bonds. The number of rotatable bonds is 6. The van der Waals surface area contributed by atoms with Crippen molar-refractivity contribution in [2.75, 3.05) is 19.6 Å². The fraction of sp³-hybridized carbons (Fsp3) is 0.647. The highest BCUT2D eigenvalue weighted by Crippen LogP contribution is 2.22. The zero-order chi connectivity index (χ0) is 13.5. The summed E-state index contributed by atoms with van der Waals surface area (Å²) in [7, 11) is 0. The number of hydrogen-bond donors (Lipinski definition) is 1. The Morgan fingerprint density at radius 1 is 1.16 bits per heavy atom. The van der Waals surface area contributed by atoms with Crippen molar-refractivity contribution in [2.24, 2.45) is 11.7 Å². The van der Waals surface area contributed by atoms with E-state index in [0.717, 1.165) is 12.3 Å². The second-order valence-electron chi connectivity index (χ2n) is 5.80. The molecule has 2 heteroatoms. The van der Waals surface area contributed by atoms with Crippen molar-refractivity contribution in [3.05, 3.63) is 35.4 Å². The molecule has 0 bridgehead atoms. The molecule has 1 aliphatic rings. The fourth-order valence-corrected chi connectivity index (χ4v) is 3.19. The van der Waals surface area contributed by atoms with Crippen LogP contribution < -0.4 is 5.73 Å². The Morgan fingerprint density at radius 3 is 2.47 bits per heavy atom. The van der Waals surface area contributed by atoms with Gasteiger partial charge in [0.15, 0.2) is 0 Å². The molecule has 0 saturated carbocycles. The third-order valence-corrected chi connectivity index (χ3v) is 4.44. The van der Waals surface area contributed by atoms with Crippen LogP contribution in [0, 0.1) is 5.92 Å². The van der Waals surface area contributed by atoms with Crippen molar-refractivity contribution in [3.8, 4) is 0 Å². The molecule has 0 unspecified atom stereocenters. The summed E-state index contributed by atoms with van der Waals surface area (Å²) in [6, 6.07) is 8.60. The van der Waals surface area contributed by atoms with Crippen molar-refractivity contribution in [1.82, 2.24) is 4.90 Å². The topological polar surface area (TPSA) is 29.3 Å². The smallest absolute Gasteiger partial charge is 0.0180 e. The lowest BCUT2D eigenvalue weighted by Gasteiger charge is -2.32. The summed E-state index contributed by atoms with van der Waals surface area (Å²) in [5, 5.41) is 0. The molecular formula is C17H28N2. The van der Waals surface area contributed by atoms with Gasteiger partial charge in [0.2, 0.25) is 0 Å². The minimum atomic E-state index is 0.661. The number of nitrogens with zero attached hydrogens (tertiary/aromatic N) is 1. The minimum Gasteiger partial charge on any atom is -0.326 e. The van der Waals surface area contributed by atoms with Crippen molar-refractivity contribution in [3.63, 3.8) is 0 Å². The summed E-state index contributed by atoms with van der Waals surface area (Å²) >= 11 is 0. The van der Waals surface area contributed by atoms with E-state index < -0.39 is 0 Å². The van der Waals surface area contributed by atoms with Crippen LogP contribution in [0.1, 0.15) is 43.7 Å². The molecule has 2 N–H and O–H groups in total. The molecule has 1 fully saturated rings. The first-order chi connectivity index (χ1) is 9.33. The van der Waals surface area contributed by atoms with E-state index in [1.165, 1.54) is 56.4 Å². The van der Waals surface area contributed by atoms with Gasteiger partial charge in [0.05, 0.1) is 0 Å². The van der Waals surface area contributed by atoms with Crippen LogP contribution in [-0.2, 0) is 13.0 Å². The standard InChI is InChI=1S/C17H28N2/c1-2-5-15-8-11-19(12-9-15)13-10-16-6-3-4-7-17(16)14-18/h3-4,6-7,15H,2,5,8-14,18H2,1H3. The lowest BCUT2D eigenvalue weighted by atomic mass is 9.92. The highest BCUT2D eigenvalue weighted by atomic mass is 15.1. The average molecular weight is 260 g/mol. The monoisotopic (exact) mass is 260 g/mol. The molecule has 0 spiro atoms. The van der Waals surface area contributed by atoms with Crippen molar-refractivity contribution >= 4 is 0 Å². The third-order valence-electron chi connectivity index (χ3n) is 4.44. The maximum Gasteiger partial charge on any atom is 0.0180 e. The molecule has 0 aliphatic carbocycles. The van der Waals surface area contributed by atoms with E-state index in [4.69, 9.17) is 5.73 Å². The zero-order valence-electron chi connectivity index (χ0n) is 12.3. The molecule has 106 valence electrons. The lowest BCUT2D eigenvalue weighted by molar-refractivity contribution is 0.180. The van der Waals surface area contributed by atoms with E-state index in [-0.39, 0.29) is 0 Å². The highest BCUT2D eigenvalue weighted by Gasteiger charge is 2.18. The predicted molar refractivity (Wildman–Crippen MR) is 82.1 cm³/mol. The first kappa shape index (κ1) is 14.5. The second-order valence-corrected chi connectivity index (χ2v) is 5.80. The Kier molecular flexibility index (Phi) is 5.87. The summed E-state index contributed by atoms with van der Waals surface area (Å²) < 4.78 is 0. The van der Waals surface area contributed by atoms with Crippen LogP contribution in [-0.4, -0.2) is 24.5 Å². The molecule has 2 rings (SSSR count). The molecular weight excluding hydrogens is 232 g/mol. The lowest BCUT2D eigenvalue weighted by Crippen LogP contribution is -2.35. The average Bonchev–Trinajstić information content (AvgIpc) is 2.47. The Balaban J connectivity index is 1.77. The normalized spacial score (nSPS) is 17.8. The Hall–Kier alpha value is -0.860. The summed E-state index contributed by atoms with van der Waals surface area (Å²) in [6.07, 6.45) is 6.70. The summed E-state index contributed by atoms with van der Waals surface area (Å²) in [4.78, 5) is 2.62. The van der Waals surface area contributed by atoms with Gasteiger partial charge in [-0.3, -0.25) is 0 Å². The van der Waals surface area contributed by atoms with Crippen LogP contribution >= 0.6 is 0 Å². The van der Waals surface area contributed by atoms with Gasteiger partial charge >= 0.3 is 0 Å². The summed E-state index contributed by atoms with van der Waals surface area (Å²) in [6.45, 7) is 6.73. The van der Waals surface area contributed by atoms with Gasteiger partial charge in [0.1, 0.15) is 0 Å². The van der Waals surface area contributed by atoms with E-state index >= 15 is 0 Å². The minimum absolute atomic E-state index is 0.661. The van der Waals surface area contributed by atoms with Crippen molar-refractivity contribution in [1.29, 1.82) is 0 Å². The van der Waals surface area contributed by atoms with Crippen molar-refractivity contribution in [2.45, 2.75) is 45.6 Å². The fourth-order valence-electron chi connectivity index (χ4n) is 3.19. The Morgan fingerprint density at radius 2 is 1.84 bits per heavy atom. The number of hydrogen-bond acceptors (Lipinski definition) is 2. The Labute approximate surface area is 118 Å². The first-order valence-electron chi connectivity index (χ1n) is 7.82. The number of benzene rings is 1. The zero-order valence-corrected chi connectivity index (χ0v) is 12.3. The first-order valence-corrected chi connectivity index (χ1v) is 7.82. The number of nitrogens with two attached hydrogens (primary N) is 1. The van der Waals surface area contributed by atoms with E-state index in [1.54, 1.807) is 0 Å².